The van der Waals surface area contributed by atoms with Crippen molar-refractivity contribution in [3.05, 3.63) is 185 Å². The number of hydrogen-bond acceptors (Lipinski definition) is 1. The van der Waals surface area contributed by atoms with Crippen molar-refractivity contribution in [1.29, 1.82) is 0 Å². The van der Waals surface area contributed by atoms with Gasteiger partial charge in [0.15, 0.2) is 0 Å². The van der Waals surface area contributed by atoms with Gasteiger partial charge in [-0.25, -0.2) is 0 Å². The standard InChI is InChI=1S/C61H51BN2/c1-58(2,3)34-22-24-35(25-23-34)64-54-31-42-37-17-11-14-20-47(37)59(4,5)49(42)28-44(54)39-26-27-40-45-29-50-41(36-16-10-13-19-46(36)60(50,6)7)30-53(45)63-55-32-43-38-18-12-15-21-48(38)61(8,9)51(43)33-52(55)62(64)56(39)57(40)63/h10-33H,1-9H3. The quantitative estimate of drug-likeness (QED) is 0.150. The smallest absolute Gasteiger partial charge is 0.333 e. The fraction of sp³-hybridized carbons (Fsp3) is 0.213. The highest BCUT2D eigenvalue weighted by Gasteiger charge is 2.48. The molecule has 2 aliphatic heterocycles. The third-order valence-corrected chi connectivity index (χ3v) is 16.7. The van der Waals surface area contributed by atoms with E-state index in [-0.39, 0.29) is 28.5 Å². The lowest BCUT2D eigenvalue weighted by Crippen LogP contribution is -2.60. The minimum Gasteiger partial charge on any atom is -0.376 e. The van der Waals surface area contributed by atoms with Crippen LogP contribution in [0.15, 0.2) is 146 Å². The molecule has 3 heteroatoms. The molecule has 0 radical (unpaired) electrons. The van der Waals surface area contributed by atoms with Gasteiger partial charge in [0, 0.05) is 49.6 Å². The van der Waals surface area contributed by atoms with Crippen LogP contribution in [-0.4, -0.2) is 11.4 Å². The molecule has 0 saturated heterocycles. The van der Waals surface area contributed by atoms with Crippen LogP contribution in [0.5, 0.6) is 0 Å². The predicted molar refractivity (Wildman–Crippen MR) is 271 cm³/mol. The molecule has 0 amide bonds. The van der Waals surface area contributed by atoms with Crippen LogP contribution in [0.2, 0.25) is 0 Å². The van der Waals surface area contributed by atoms with E-state index in [1.807, 2.05) is 0 Å². The second-order valence-electron chi connectivity index (χ2n) is 22.1. The molecule has 0 N–H and O–H groups in total. The molecule has 0 saturated carbocycles. The topological polar surface area (TPSA) is 8.17 Å². The molecule has 0 bridgehead atoms. The SMILES string of the molecule is CC(C)(C)c1ccc(N2B3c4cc5c(cc4-n4c6cc7c(cc6c6ccc(c3c64)-c3cc4c(cc32)-c2ccccc2C4(C)C)C(C)(C)c2ccccc2-7)-c2ccccc2C5(C)C)cc1. The van der Waals surface area contributed by atoms with E-state index in [1.165, 1.54) is 133 Å². The average molecular weight is 823 g/mol. The molecule has 0 unspecified atom stereocenters. The summed E-state index contributed by atoms with van der Waals surface area (Å²) in [6.07, 6.45) is 0. The highest BCUT2D eigenvalue weighted by atomic mass is 15.1. The van der Waals surface area contributed by atoms with E-state index in [4.69, 9.17) is 0 Å². The maximum Gasteiger partial charge on any atom is 0.333 e. The number of hydrogen-bond donors (Lipinski definition) is 0. The average Bonchev–Trinajstić information content (AvgIpc) is 3.90. The summed E-state index contributed by atoms with van der Waals surface area (Å²) < 4.78 is 2.69. The monoisotopic (exact) mass is 822 g/mol. The first-order valence-corrected chi connectivity index (χ1v) is 23.4. The van der Waals surface area contributed by atoms with Crippen LogP contribution >= 0.6 is 0 Å². The Morgan fingerprint density at radius 2 is 0.938 bits per heavy atom. The van der Waals surface area contributed by atoms with E-state index >= 15 is 0 Å². The van der Waals surface area contributed by atoms with Gasteiger partial charge < -0.3 is 9.38 Å². The Hall–Kier alpha value is -6.58. The van der Waals surface area contributed by atoms with Gasteiger partial charge >= 0.3 is 6.85 Å². The van der Waals surface area contributed by atoms with Gasteiger partial charge in [0.05, 0.1) is 11.0 Å². The second-order valence-corrected chi connectivity index (χ2v) is 22.1. The van der Waals surface area contributed by atoms with E-state index in [1.54, 1.807) is 0 Å². The van der Waals surface area contributed by atoms with Crippen molar-refractivity contribution in [2.75, 3.05) is 4.81 Å². The maximum atomic E-state index is 2.73. The highest BCUT2D eigenvalue weighted by molar-refractivity contribution is 6.93. The van der Waals surface area contributed by atoms with Crippen LogP contribution in [0.1, 0.15) is 101 Å². The van der Waals surface area contributed by atoms with Crippen LogP contribution in [0, 0.1) is 0 Å². The van der Waals surface area contributed by atoms with Crippen molar-refractivity contribution in [2.45, 2.75) is 84.0 Å². The van der Waals surface area contributed by atoms with Gasteiger partial charge in [0.2, 0.25) is 0 Å². The molecule has 5 aliphatic rings. The molecule has 1 aromatic heterocycles. The summed E-state index contributed by atoms with van der Waals surface area (Å²) in [6, 6.07) is 57.3. The molecule has 9 aromatic rings. The molecule has 0 spiro atoms. The fourth-order valence-electron chi connectivity index (χ4n) is 13.4. The summed E-state index contributed by atoms with van der Waals surface area (Å²) in [7, 11) is 0. The van der Waals surface area contributed by atoms with E-state index in [2.05, 4.69) is 217 Å². The van der Waals surface area contributed by atoms with Gasteiger partial charge in [-0.1, -0.05) is 165 Å². The molecule has 3 heterocycles. The summed E-state index contributed by atoms with van der Waals surface area (Å²) in [6.45, 7) is 21.4. The number of fused-ring (bicyclic) bond motifs is 17. The van der Waals surface area contributed by atoms with E-state index in [9.17, 15) is 0 Å². The molecule has 308 valence electrons. The minimum atomic E-state index is -0.146. The molecular formula is C61H51BN2. The van der Waals surface area contributed by atoms with E-state index in [0.29, 0.717) is 0 Å². The van der Waals surface area contributed by atoms with Gasteiger partial charge in [0.25, 0.3) is 0 Å². The second kappa shape index (κ2) is 11.6. The molecule has 0 atom stereocenters. The first-order valence-electron chi connectivity index (χ1n) is 23.4. The Morgan fingerprint density at radius 3 is 1.52 bits per heavy atom. The van der Waals surface area contributed by atoms with Gasteiger partial charge in [-0.2, -0.15) is 0 Å². The van der Waals surface area contributed by atoms with Crippen LogP contribution in [0.4, 0.5) is 11.4 Å². The zero-order valence-electron chi connectivity index (χ0n) is 38.3. The zero-order valence-corrected chi connectivity index (χ0v) is 38.3. The first-order chi connectivity index (χ1) is 30.7. The summed E-state index contributed by atoms with van der Waals surface area (Å²) in [5.41, 5.74) is 29.5. The number of aromatic nitrogens is 1. The number of rotatable bonds is 1. The summed E-state index contributed by atoms with van der Waals surface area (Å²) in [5.74, 6) is 0. The van der Waals surface area contributed by atoms with Crippen molar-refractivity contribution < 1.29 is 0 Å². The van der Waals surface area contributed by atoms with Gasteiger partial charge in [0.1, 0.15) is 0 Å². The Labute approximate surface area is 377 Å². The third kappa shape index (κ3) is 4.30. The van der Waals surface area contributed by atoms with Gasteiger partial charge in [-0.15, -0.1) is 0 Å². The molecule has 0 fully saturated rings. The Morgan fingerprint density at radius 1 is 0.422 bits per heavy atom. The van der Waals surface area contributed by atoms with Crippen LogP contribution in [0.3, 0.4) is 0 Å². The maximum absolute atomic E-state index is 2.73. The molecule has 2 nitrogen and oxygen atoms in total. The van der Waals surface area contributed by atoms with Crippen molar-refractivity contribution in [3.63, 3.8) is 0 Å². The Kier molecular flexibility index (Phi) is 6.66. The fourth-order valence-corrected chi connectivity index (χ4v) is 13.4. The zero-order chi connectivity index (χ0) is 43.6. The van der Waals surface area contributed by atoms with E-state index in [0.717, 1.165) is 0 Å². The van der Waals surface area contributed by atoms with Gasteiger partial charge in [-0.05, 0) is 137 Å². The van der Waals surface area contributed by atoms with E-state index < -0.39 is 0 Å². The minimum absolute atomic E-state index is 0.0437. The molecule has 8 aromatic carbocycles. The number of benzene rings is 8. The van der Waals surface area contributed by atoms with Crippen LogP contribution in [-0.2, 0) is 21.7 Å². The third-order valence-electron chi connectivity index (χ3n) is 16.7. The number of anilines is 2. The van der Waals surface area contributed by atoms with Gasteiger partial charge in [-0.3, -0.25) is 0 Å². The molecule has 14 rings (SSSR count). The van der Waals surface area contributed by atoms with Crippen molar-refractivity contribution in [1.82, 2.24) is 4.57 Å². The lowest BCUT2D eigenvalue weighted by molar-refractivity contribution is 0.590. The number of nitrogens with zero attached hydrogens (tertiary/aromatic N) is 2. The first kappa shape index (κ1) is 36.9. The largest absolute Gasteiger partial charge is 0.376 e. The lowest BCUT2D eigenvalue weighted by atomic mass is 9.43. The predicted octanol–water partition coefficient (Wildman–Crippen LogP) is 14.2. The molecular weight excluding hydrogens is 771 g/mol. The summed E-state index contributed by atoms with van der Waals surface area (Å²) in [4.78, 5) is 2.73. The summed E-state index contributed by atoms with van der Waals surface area (Å²) in [5, 5.41) is 2.67. The van der Waals surface area contributed by atoms with Crippen LogP contribution < -0.4 is 15.7 Å². The van der Waals surface area contributed by atoms with Crippen molar-refractivity contribution in [3.8, 4) is 50.2 Å². The lowest BCUT2D eigenvalue weighted by Gasteiger charge is -2.43. The van der Waals surface area contributed by atoms with Crippen molar-refractivity contribution >= 4 is 51.0 Å². The Bertz CT molecular complexity index is 3620. The van der Waals surface area contributed by atoms with Crippen LogP contribution in [0.25, 0.3) is 72.0 Å². The normalized spacial score (nSPS) is 16.8. The highest BCUT2D eigenvalue weighted by Crippen LogP contribution is 2.57. The van der Waals surface area contributed by atoms with Crippen molar-refractivity contribution in [2.24, 2.45) is 0 Å². The summed E-state index contributed by atoms with van der Waals surface area (Å²) >= 11 is 0. The Balaban J connectivity index is 1.15. The molecule has 3 aliphatic carbocycles. The molecule has 64 heavy (non-hydrogen) atoms.